The Morgan fingerprint density at radius 2 is 1.38 bits per heavy atom. The molecule has 0 fully saturated rings. The van der Waals surface area contributed by atoms with Crippen LogP contribution < -0.4 is 0 Å². The van der Waals surface area contributed by atoms with Crippen LogP contribution >= 0.6 is 0 Å². The summed E-state index contributed by atoms with van der Waals surface area (Å²) in [5.41, 5.74) is 4.67. The van der Waals surface area contributed by atoms with Crippen LogP contribution in [-0.2, 0) is 0 Å². The maximum atomic E-state index is 4.92. The highest BCUT2D eigenvalue weighted by Crippen LogP contribution is 2.31. The lowest BCUT2D eigenvalue weighted by Crippen LogP contribution is -1.97. The molecule has 0 amide bonds. The molecular weight excluding hydrogens is 292 g/mol. The molecule has 0 radical (unpaired) electrons. The van der Waals surface area contributed by atoms with E-state index in [0.717, 1.165) is 11.3 Å². The van der Waals surface area contributed by atoms with Gasteiger partial charge >= 0.3 is 0 Å². The standard InChI is InChI=1S/C22H16N2/c1-15-10-12-19-16(14-15)11-13-22(23-19)24-20-8-4-2-6-17(20)18-7-3-5-9-21(18)24/h2-14H,1H3. The second-order valence-corrected chi connectivity index (χ2v) is 6.24. The van der Waals surface area contributed by atoms with Gasteiger partial charge in [-0.25, -0.2) is 4.98 Å². The molecule has 2 nitrogen and oxygen atoms in total. The zero-order valence-electron chi connectivity index (χ0n) is 13.4. The molecule has 114 valence electrons. The van der Waals surface area contributed by atoms with E-state index in [0.29, 0.717) is 0 Å². The third-order valence-corrected chi connectivity index (χ3v) is 4.64. The maximum Gasteiger partial charge on any atom is 0.138 e. The Morgan fingerprint density at radius 3 is 2.08 bits per heavy atom. The van der Waals surface area contributed by atoms with Gasteiger partial charge in [-0.3, -0.25) is 4.57 Å². The van der Waals surface area contributed by atoms with Gasteiger partial charge in [-0.1, -0.05) is 48.0 Å². The SMILES string of the molecule is Cc1ccc2nc(-n3c4ccccc4c4ccccc43)ccc2c1. The van der Waals surface area contributed by atoms with Gasteiger partial charge in [0.25, 0.3) is 0 Å². The van der Waals surface area contributed by atoms with Crippen LogP contribution in [0.3, 0.4) is 0 Å². The van der Waals surface area contributed by atoms with Crippen molar-refractivity contribution in [2.24, 2.45) is 0 Å². The second kappa shape index (κ2) is 4.93. The average Bonchev–Trinajstić information content (AvgIpc) is 2.96. The van der Waals surface area contributed by atoms with Crippen molar-refractivity contribution in [2.75, 3.05) is 0 Å². The summed E-state index contributed by atoms with van der Waals surface area (Å²) >= 11 is 0. The molecule has 0 aliphatic rings. The molecule has 5 rings (SSSR count). The van der Waals surface area contributed by atoms with Crippen LogP contribution in [0.15, 0.2) is 78.9 Å². The molecule has 0 saturated heterocycles. The van der Waals surface area contributed by atoms with Gasteiger partial charge in [-0.15, -0.1) is 0 Å². The number of hydrogen-bond acceptors (Lipinski definition) is 1. The monoisotopic (exact) mass is 308 g/mol. The normalized spacial score (nSPS) is 11.5. The quantitative estimate of drug-likeness (QED) is 0.392. The van der Waals surface area contributed by atoms with Gasteiger partial charge in [0.1, 0.15) is 5.82 Å². The number of rotatable bonds is 1. The molecule has 2 heterocycles. The molecule has 0 saturated carbocycles. The summed E-state index contributed by atoms with van der Waals surface area (Å²) in [7, 11) is 0. The molecular formula is C22H16N2. The maximum absolute atomic E-state index is 4.92. The Balaban J connectivity index is 1.89. The summed E-state index contributed by atoms with van der Waals surface area (Å²) in [6.07, 6.45) is 0. The fraction of sp³-hybridized carbons (Fsp3) is 0.0455. The topological polar surface area (TPSA) is 17.8 Å². The number of benzene rings is 3. The van der Waals surface area contributed by atoms with Crippen LogP contribution in [-0.4, -0.2) is 9.55 Å². The van der Waals surface area contributed by atoms with E-state index in [1.54, 1.807) is 0 Å². The van der Waals surface area contributed by atoms with E-state index in [1.807, 2.05) is 0 Å². The summed E-state index contributed by atoms with van der Waals surface area (Å²) in [6, 6.07) is 27.7. The van der Waals surface area contributed by atoms with Crippen molar-refractivity contribution in [3.05, 3.63) is 84.4 Å². The van der Waals surface area contributed by atoms with E-state index in [4.69, 9.17) is 4.98 Å². The van der Waals surface area contributed by atoms with Crippen LogP contribution in [0.5, 0.6) is 0 Å². The first kappa shape index (κ1) is 13.3. The molecule has 2 aromatic heterocycles. The van der Waals surface area contributed by atoms with E-state index < -0.39 is 0 Å². The van der Waals surface area contributed by atoms with Crippen LogP contribution in [0.25, 0.3) is 38.5 Å². The number of aryl methyl sites for hydroxylation is 1. The van der Waals surface area contributed by atoms with Gasteiger partial charge in [-0.2, -0.15) is 0 Å². The van der Waals surface area contributed by atoms with E-state index in [1.165, 1.54) is 32.8 Å². The van der Waals surface area contributed by atoms with Crippen molar-refractivity contribution in [3.8, 4) is 5.82 Å². The number of hydrogen-bond donors (Lipinski definition) is 0. The van der Waals surface area contributed by atoms with Crippen molar-refractivity contribution in [2.45, 2.75) is 6.92 Å². The molecule has 24 heavy (non-hydrogen) atoms. The molecule has 0 aliphatic heterocycles. The van der Waals surface area contributed by atoms with Gasteiger partial charge in [0.05, 0.1) is 16.6 Å². The number of fused-ring (bicyclic) bond motifs is 4. The largest absolute Gasteiger partial charge is 0.294 e. The lowest BCUT2D eigenvalue weighted by molar-refractivity contribution is 1.10. The van der Waals surface area contributed by atoms with Gasteiger partial charge in [0.15, 0.2) is 0 Å². The first-order valence-corrected chi connectivity index (χ1v) is 8.17. The fourth-order valence-corrected chi connectivity index (χ4v) is 3.53. The lowest BCUT2D eigenvalue weighted by Gasteiger charge is -2.08. The summed E-state index contributed by atoms with van der Waals surface area (Å²) in [5.74, 6) is 0.962. The highest BCUT2D eigenvalue weighted by molar-refractivity contribution is 6.09. The van der Waals surface area contributed by atoms with Gasteiger partial charge < -0.3 is 0 Å². The predicted molar refractivity (Wildman–Crippen MR) is 101 cm³/mol. The van der Waals surface area contributed by atoms with Gasteiger partial charge in [-0.05, 0) is 43.3 Å². The number of nitrogens with zero attached hydrogens (tertiary/aromatic N) is 2. The first-order valence-electron chi connectivity index (χ1n) is 8.17. The summed E-state index contributed by atoms with van der Waals surface area (Å²) in [6.45, 7) is 2.11. The van der Waals surface area contributed by atoms with Crippen LogP contribution in [0.1, 0.15) is 5.56 Å². The second-order valence-electron chi connectivity index (χ2n) is 6.24. The molecule has 0 unspecified atom stereocenters. The molecule has 3 aromatic carbocycles. The van der Waals surface area contributed by atoms with Gasteiger partial charge in [0, 0.05) is 16.2 Å². The van der Waals surface area contributed by atoms with Crippen LogP contribution in [0.4, 0.5) is 0 Å². The molecule has 0 bridgehead atoms. The van der Waals surface area contributed by atoms with Crippen molar-refractivity contribution in [3.63, 3.8) is 0 Å². The molecule has 2 heteroatoms. The van der Waals surface area contributed by atoms with Crippen molar-refractivity contribution in [1.29, 1.82) is 0 Å². The Kier molecular flexibility index (Phi) is 2.74. The van der Waals surface area contributed by atoms with E-state index in [2.05, 4.69) is 90.4 Å². The minimum atomic E-state index is 0.962. The van der Waals surface area contributed by atoms with Crippen molar-refractivity contribution >= 4 is 32.7 Å². The van der Waals surface area contributed by atoms with Crippen LogP contribution in [0.2, 0.25) is 0 Å². The predicted octanol–water partition coefficient (Wildman–Crippen LogP) is 5.64. The molecule has 5 aromatic rings. The molecule has 0 N–H and O–H groups in total. The minimum absolute atomic E-state index is 0.962. The molecule has 0 aliphatic carbocycles. The highest BCUT2D eigenvalue weighted by Gasteiger charge is 2.12. The zero-order chi connectivity index (χ0) is 16.1. The number of para-hydroxylation sites is 2. The fourth-order valence-electron chi connectivity index (χ4n) is 3.53. The Hall–Kier alpha value is -3.13. The average molecular weight is 308 g/mol. The number of pyridine rings is 1. The Morgan fingerprint density at radius 1 is 0.708 bits per heavy atom. The molecule has 0 spiro atoms. The van der Waals surface area contributed by atoms with Crippen molar-refractivity contribution < 1.29 is 0 Å². The summed E-state index contributed by atoms with van der Waals surface area (Å²) in [4.78, 5) is 4.92. The van der Waals surface area contributed by atoms with E-state index in [9.17, 15) is 0 Å². The third-order valence-electron chi connectivity index (χ3n) is 4.64. The van der Waals surface area contributed by atoms with Crippen LogP contribution in [0, 0.1) is 6.92 Å². The number of aromatic nitrogens is 2. The van der Waals surface area contributed by atoms with E-state index in [-0.39, 0.29) is 0 Å². The Bertz CT molecular complexity index is 1160. The minimum Gasteiger partial charge on any atom is -0.294 e. The van der Waals surface area contributed by atoms with Gasteiger partial charge in [0.2, 0.25) is 0 Å². The third kappa shape index (κ3) is 1.86. The lowest BCUT2D eigenvalue weighted by atomic mass is 10.1. The van der Waals surface area contributed by atoms with E-state index >= 15 is 0 Å². The summed E-state index contributed by atoms with van der Waals surface area (Å²) < 4.78 is 2.25. The van der Waals surface area contributed by atoms with Crippen molar-refractivity contribution in [1.82, 2.24) is 9.55 Å². The first-order chi connectivity index (χ1) is 11.8. The molecule has 0 atom stereocenters. The zero-order valence-corrected chi connectivity index (χ0v) is 13.4. The summed E-state index contributed by atoms with van der Waals surface area (Å²) in [5, 5.41) is 3.71. The smallest absolute Gasteiger partial charge is 0.138 e. The Labute approximate surface area is 140 Å². The highest BCUT2D eigenvalue weighted by atomic mass is 15.1.